The average Bonchev–Trinajstić information content (AvgIpc) is 2.68. The van der Waals surface area contributed by atoms with Crippen molar-refractivity contribution in [1.29, 1.82) is 0 Å². The van der Waals surface area contributed by atoms with Crippen molar-refractivity contribution in [2.45, 2.75) is 30.4 Å². The Labute approximate surface area is 120 Å². The number of allylic oxidation sites excluding steroid dienone is 4. The summed E-state index contributed by atoms with van der Waals surface area (Å²) in [6.07, 6.45) is 7.97. The quantitative estimate of drug-likeness (QED) is 0.520. The van der Waals surface area contributed by atoms with Gasteiger partial charge in [-0.1, -0.05) is 0 Å². The summed E-state index contributed by atoms with van der Waals surface area (Å²) in [6, 6.07) is 9.54. The number of para-hydroxylation sites is 1. The SMILES string of the molecule is [CH3][Ti]([CH3])([CH3])([CH3])([CH3])([Cl])([Cl])([O]c1ccccc1)[CH]1C=CC=C1. The van der Waals surface area contributed by atoms with E-state index in [0.29, 0.717) is 5.75 Å². The first kappa shape index (κ1) is 16.2. The number of hydrogen-bond acceptors (Lipinski definition) is 1. The molecule has 1 aliphatic carbocycles. The number of rotatable bonds is 3. The Hall–Kier alpha value is -0.206. The standard InChI is InChI=1S/C6H6O.C5H5.5CH3.2ClH.Ti/c7-6-4-2-1-3-5-6;1-2-4-5-3-1;;;;;;;;/h1-5,7H;1-5H;5*1H3;2*1H;/q;;;;;;;;;+3/p-3. The Balaban J connectivity index is 2.87. The van der Waals surface area contributed by atoms with Crippen molar-refractivity contribution in [3.05, 3.63) is 54.6 Å². The zero-order valence-corrected chi connectivity index (χ0v) is 16.0. The second-order valence-corrected chi connectivity index (χ2v) is 66.0. The van der Waals surface area contributed by atoms with Crippen LogP contribution in [0.1, 0.15) is 0 Å². The third kappa shape index (κ3) is 3.02. The van der Waals surface area contributed by atoms with Crippen molar-refractivity contribution >= 4 is 18.6 Å². The fourth-order valence-electron chi connectivity index (χ4n) is 2.92. The first-order valence-electron chi connectivity index (χ1n) is 7.15. The Morgan fingerprint density at radius 2 is 1.30 bits per heavy atom. The van der Waals surface area contributed by atoms with Gasteiger partial charge in [0.15, 0.2) is 0 Å². The fourth-order valence-corrected chi connectivity index (χ4v) is 11.7. The summed E-state index contributed by atoms with van der Waals surface area (Å²) in [5, 5.41) is 9.52. The second-order valence-electron chi connectivity index (χ2n) is 12.6. The summed E-state index contributed by atoms with van der Waals surface area (Å²) in [5.41, 5.74) is 0. The predicted molar refractivity (Wildman–Crippen MR) is 90.1 cm³/mol. The van der Waals surface area contributed by atoms with Gasteiger partial charge < -0.3 is 0 Å². The van der Waals surface area contributed by atoms with Gasteiger partial charge in [0, 0.05) is 0 Å². The van der Waals surface area contributed by atoms with Crippen molar-refractivity contribution in [1.82, 2.24) is 0 Å². The summed E-state index contributed by atoms with van der Waals surface area (Å²) >= 11 is 0. The summed E-state index contributed by atoms with van der Waals surface area (Å²) in [4.78, 5) is 0. The Morgan fingerprint density at radius 3 is 1.75 bits per heavy atom. The zero-order chi connectivity index (χ0) is 15.6. The molecular formula is C16H25Cl2OTi. The first-order valence-corrected chi connectivity index (χ1v) is 20.8. The molecular weight excluding hydrogens is 327 g/mol. The predicted octanol–water partition coefficient (Wildman–Crippen LogP) is 7.28. The molecule has 0 saturated carbocycles. The van der Waals surface area contributed by atoms with E-state index in [0.717, 1.165) is 0 Å². The van der Waals surface area contributed by atoms with E-state index >= 15 is 0 Å². The van der Waals surface area contributed by atoms with E-state index < -0.39 is 8.44 Å². The van der Waals surface area contributed by atoms with E-state index in [2.05, 4.69) is 0 Å². The molecule has 0 radical (unpaired) electrons. The number of hydrogen-bond donors (Lipinski definition) is 0. The van der Waals surface area contributed by atoms with E-state index in [9.17, 15) is 0 Å². The molecule has 0 N–H and O–H groups in total. The minimum atomic E-state index is -6.23. The summed E-state index contributed by atoms with van der Waals surface area (Å²) < 4.78 is 6.38. The molecule has 20 heavy (non-hydrogen) atoms. The van der Waals surface area contributed by atoms with Gasteiger partial charge in [-0.2, -0.15) is 0 Å². The van der Waals surface area contributed by atoms with Crippen LogP contribution in [0.15, 0.2) is 54.6 Å². The van der Waals surface area contributed by atoms with Gasteiger partial charge in [0.1, 0.15) is 0 Å². The molecule has 0 amide bonds. The van der Waals surface area contributed by atoms with Gasteiger partial charge in [0.2, 0.25) is 0 Å². The molecule has 0 bridgehead atoms. The molecule has 0 heterocycles. The van der Waals surface area contributed by atoms with Crippen molar-refractivity contribution < 1.29 is 11.8 Å². The molecule has 4 heteroatoms. The van der Waals surface area contributed by atoms with E-state index in [1.165, 1.54) is 0 Å². The molecule has 0 saturated heterocycles. The van der Waals surface area contributed by atoms with Gasteiger partial charge in [-0.05, 0) is 0 Å². The second kappa shape index (κ2) is 2.22. The molecule has 1 nitrogen and oxygen atoms in total. The van der Waals surface area contributed by atoms with Crippen LogP contribution in [0.5, 0.6) is 5.75 Å². The van der Waals surface area contributed by atoms with E-state index in [4.69, 9.17) is 21.9 Å². The van der Waals surface area contributed by atoms with Crippen LogP contribution in [0.4, 0.5) is 0 Å². The van der Waals surface area contributed by atoms with Gasteiger partial charge in [0.05, 0.1) is 0 Å². The fraction of sp³-hybridized carbons (Fsp3) is 0.375. The van der Waals surface area contributed by atoms with E-state index in [1.54, 1.807) is 0 Å². The Bertz CT molecular complexity index is 679. The summed E-state index contributed by atoms with van der Waals surface area (Å²) in [5.74, 6) is 0.673. The molecule has 113 valence electrons. The molecule has 1 aliphatic rings. The van der Waals surface area contributed by atoms with Crippen molar-refractivity contribution in [3.8, 4) is 5.75 Å². The molecule has 0 unspecified atom stereocenters. The zero-order valence-electron chi connectivity index (χ0n) is 12.9. The van der Waals surface area contributed by atoms with Crippen molar-refractivity contribution in [2.24, 2.45) is 0 Å². The molecule has 0 aliphatic heterocycles. The number of halogens is 2. The van der Waals surface area contributed by atoms with Gasteiger partial charge >= 0.3 is 121 Å². The van der Waals surface area contributed by atoms with Crippen LogP contribution in [0.3, 0.4) is 0 Å². The molecule has 0 atom stereocenters. The third-order valence-corrected chi connectivity index (χ3v) is 16.4. The van der Waals surface area contributed by atoms with Crippen LogP contribution in [0.2, 0.25) is 30.4 Å². The average molecular weight is 352 g/mol. The molecule has 1 aromatic rings. The molecule has 1 aromatic carbocycles. The maximum absolute atomic E-state index is 7.55. The van der Waals surface area contributed by atoms with E-state index in [-0.39, 0.29) is 4.22 Å². The summed E-state index contributed by atoms with van der Waals surface area (Å²) in [7, 11) is 8.86. The minimum absolute atomic E-state index is 0.224. The molecule has 0 spiro atoms. The first-order chi connectivity index (χ1) is 8.30. The van der Waals surface area contributed by atoms with Gasteiger partial charge in [-0.15, -0.1) is 0 Å². The van der Waals surface area contributed by atoms with Crippen LogP contribution < -0.4 is 3.32 Å². The van der Waals surface area contributed by atoms with Crippen LogP contribution >= 0.6 is 18.6 Å². The monoisotopic (exact) mass is 351 g/mol. The van der Waals surface area contributed by atoms with Gasteiger partial charge in [-0.25, -0.2) is 0 Å². The maximum atomic E-state index is 7.55. The van der Waals surface area contributed by atoms with Crippen molar-refractivity contribution in [3.63, 3.8) is 0 Å². The Morgan fingerprint density at radius 1 is 0.850 bits per heavy atom. The normalized spacial score (nSPS) is 26.4. The third-order valence-electron chi connectivity index (χ3n) is 4.31. The van der Waals surface area contributed by atoms with Crippen LogP contribution in [-0.2, 0) is 8.44 Å². The Kier molecular flexibility index (Phi) is 1.79. The van der Waals surface area contributed by atoms with Crippen LogP contribution in [0, 0.1) is 0 Å². The van der Waals surface area contributed by atoms with Crippen molar-refractivity contribution in [2.75, 3.05) is 0 Å². The summed E-state index contributed by atoms with van der Waals surface area (Å²) in [6.45, 7) is 0. The molecule has 2 rings (SSSR count). The topological polar surface area (TPSA) is 9.23 Å². The van der Waals surface area contributed by atoms with Crippen LogP contribution in [-0.4, -0.2) is 0 Å². The van der Waals surface area contributed by atoms with E-state index in [1.807, 2.05) is 80.8 Å². The van der Waals surface area contributed by atoms with Gasteiger partial charge in [-0.3, -0.25) is 0 Å². The molecule has 0 aromatic heterocycles. The van der Waals surface area contributed by atoms with Gasteiger partial charge in [0.25, 0.3) is 0 Å². The van der Waals surface area contributed by atoms with Crippen LogP contribution in [0.25, 0.3) is 0 Å². The number of benzene rings is 1. The molecule has 0 fully saturated rings.